The van der Waals surface area contributed by atoms with Crippen molar-refractivity contribution in [2.75, 3.05) is 11.9 Å². The Kier molecular flexibility index (Phi) is 5.30. The van der Waals surface area contributed by atoms with Crippen LogP contribution in [0, 0.1) is 6.92 Å². The van der Waals surface area contributed by atoms with Crippen LogP contribution in [-0.2, 0) is 4.79 Å². The van der Waals surface area contributed by atoms with E-state index in [0.717, 1.165) is 10.6 Å². The highest BCUT2D eigenvalue weighted by Crippen LogP contribution is 2.23. The van der Waals surface area contributed by atoms with E-state index in [4.69, 9.17) is 4.74 Å². The molecule has 0 radical (unpaired) electrons. The molecule has 3 amide bonds. The average molecular weight is 454 g/mol. The maximum Gasteiger partial charge on any atom is 0.262 e. The van der Waals surface area contributed by atoms with Crippen molar-refractivity contribution in [1.82, 2.24) is 24.9 Å². The first-order chi connectivity index (χ1) is 16.5. The van der Waals surface area contributed by atoms with E-state index in [1.165, 1.54) is 0 Å². The first-order valence-electron chi connectivity index (χ1n) is 10.4. The Morgan fingerprint density at radius 3 is 2.21 bits per heavy atom. The van der Waals surface area contributed by atoms with Crippen molar-refractivity contribution in [2.24, 2.45) is 0 Å². The van der Waals surface area contributed by atoms with Gasteiger partial charge in [-0.1, -0.05) is 12.1 Å². The molecule has 10 nitrogen and oxygen atoms in total. The van der Waals surface area contributed by atoms with Gasteiger partial charge >= 0.3 is 0 Å². The number of aryl methyl sites for hydroxylation is 1. The molecule has 0 atom stereocenters. The molecule has 2 aromatic heterocycles. The van der Waals surface area contributed by atoms with Gasteiger partial charge in [0.1, 0.15) is 12.3 Å². The Labute approximate surface area is 193 Å². The van der Waals surface area contributed by atoms with Crippen LogP contribution in [0.5, 0.6) is 11.6 Å². The molecule has 0 aliphatic carbocycles. The number of fused-ring (bicyclic) bond motifs is 1. The highest BCUT2D eigenvalue weighted by atomic mass is 16.5. The number of amides is 3. The molecule has 34 heavy (non-hydrogen) atoms. The van der Waals surface area contributed by atoms with E-state index in [1.54, 1.807) is 71.5 Å². The summed E-state index contributed by atoms with van der Waals surface area (Å²) in [6, 6.07) is 18.4. The molecule has 0 saturated carbocycles. The Morgan fingerprint density at radius 2 is 1.62 bits per heavy atom. The lowest BCUT2D eigenvalue weighted by atomic mass is 10.1. The van der Waals surface area contributed by atoms with Gasteiger partial charge in [0.25, 0.3) is 11.8 Å². The van der Waals surface area contributed by atoms with Gasteiger partial charge in [0.2, 0.25) is 11.8 Å². The Bertz CT molecular complexity index is 1360. The minimum Gasteiger partial charge on any atom is -0.438 e. The summed E-state index contributed by atoms with van der Waals surface area (Å²) in [7, 11) is 0. The van der Waals surface area contributed by atoms with Gasteiger partial charge in [-0.3, -0.25) is 19.3 Å². The Morgan fingerprint density at radius 1 is 0.912 bits per heavy atom. The summed E-state index contributed by atoms with van der Waals surface area (Å²) in [6.45, 7) is 1.51. The topological polar surface area (TPSA) is 119 Å². The van der Waals surface area contributed by atoms with Gasteiger partial charge in [-0.2, -0.15) is 5.10 Å². The minimum absolute atomic E-state index is 0.301. The quantitative estimate of drug-likeness (QED) is 0.445. The smallest absolute Gasteiger partial charge is 0.262 e. The van der Waals surface area contributed by atoms with Crippen molar-refractivity contribution in [3.63, 3.8) is 0 Å². The minimum atomic E-state index is -0.488. The van der Waals surface area contributed by atoms with Crippen molar-refractivity contribution in [1.29, 1.82) is 0 Å². The molecule has 0 spiro atoms. The fourth-order valence-corrected chi connectivity index (χ4v) is 3.49. The lowest BCUT2D eigenvalue weighted by Crippen LogP contribution is -2.37. The molecule has 5 rings (SSSR count). The van der Waals surface area contributed by atoms with E-state index >= 15 is 0 Å². The Hall–Kier alpha value is -4.86. The number of carbonyl (C=O) groups excluding carboxylic acids is 3. The first-order valence-corrected chi connectivity index (χ1v) is 10.4. The molecule has 1 aliphatic heterocycles. The molecule has 0 unspecified atom stereocenters. The van der Waals surface area contributed by atoms with Crippen LogP contribution >= 0.6 is 0 Å². The highest BCUT2D eigenvalue weighted by molar-refractivity contribution is 6.22. The van der Waals surface area contributed by atoms with Crippen LogP contribution in [-0.4, -0.2) is 49.1 Å². The van der Waals surface area contributed by atoms with E-state index in [1.807, 2.05) is 13.0 Å². The standard InChI is InChI=1S/C24H18N6O4/c1-15-12-13-30(28-15)20-10-11-22(27-26-20)34-17-8-6-16(7-9-17)25-21(31)14-29-23(32)18-4-2-3-5-19(18)24(29)33/h2-13H,14H2,1H3,(H,25,31). The van der Waals surface area contributed by atoms with Crippen molar-refractivity contribution >= 4 is 23.4 Å². The van der Waals surface area contributed by atoms with Crippen molar-refractivity contribution in [2.45, 2.75) is 6.92 Å². The monoisotopic (exact) mass is 454 g/mol. The summed E-state index contributed by atoms with van der Waals surface area (Å²) in [6.07, 6.45) is 1.79. The molecule has 10 heteroatoms. The fourth-order valence-electron chi connectivity index (χ4n) is 3.49. The third-order valence-corrected chi connectivity index (χ3v) is 5.12. The van der Waals surface area contributed by atoms with E-state index in [-0.39, 0.29) is 6.54 Å². The van der Waals surface area contributed by atoms with Crippen LogP contribution in [0.25, 0.3) is 5.82 Å². The SMILES string of the molecule is Cc1ccn(-c2ccc(Oc3ccc(NC(=O)CN4C(=O)c5ccccc5C4=O)cc3)nn2)n1. The number of ether oxygens (including phenoxy) is 1. The number of benzene rings is 2. The van der Waals surface area contributed by atoms with Gasteiger partial charge in [-0.15, -0.1) is 10.2 Å². The Balaban J connectivity index is 1.18. The maximum atomic E-state index is 12.4. The summed E-state index contributed by atoms with van der Waals surface area (Å²) in [5.74, 6) is -0.0796. The lowest BCUT2D eigenvalue weighted by molar-refractivity contribution is -0.116. The fraction of sp³-hybridized carbons (Fsp3) is 0.0833. The molecule has 0 saturated heterocycles. The predicted molar refractivity (Wildman–Crippen MR) is 121 cm³/mol. The zero-order valence-corrected chi connectivity index (χ0v) is 18.0. The van der Waals surface area contributed by atoms with Crippen LogP contribution in [0.15, 0.2) is 72.9 Å². The van der Waals surface area contributed by atoms with Crippen LogP contribution in [0.4, 0.5) is 5.69 Å². The highest BCUT2D eigenvalue weighted by Gasteiger charge is 2.36. The van der Waals surface area contributed by atoms with Gasteiger partial charge in [0, 0.05) is 18.0 Å². The van der Waals surface area contributed by atoms with Crippen molar-refractivity contribution in [3.05, 3.63) is 89.7 Å². The van der Waals surface area contributed by atoms with Gasteiger partial charge in [0.15, 0.2) is 5.82 Å². The molecule has 3 heterocycles. The number of rotatable bonds is 6. The zero-order chi connectivity index (χ0) is 23.7. The second-order valence-electron chi connectivity index (χ2n) is 7.55. The number of hydrogen-bond donors (Lipinski definition) is 1. The maximum absolute atomic E-state index is 12.4. The van der Waals surface area contributed by atoms with Gasteiger partial charge in [-0.25, -0.2) is 4.68 Å². The zero-order valence-electron chi connectivity index (χ0n) is 18.0. The van der Waals surface area contributed by atoms with Gasteiger partial charge in [-0.05, 0) is 55.5 Å². The normalized spacial score (nSPS) is 12.6. The molecule has 4 aromatic rings. The summed E-state index contributed by atoms with van der Waals surface area (Å²) in [4.78, 5) is 38.2. The number of nitrogens with one attached hydrogen (secondary N) is 1. The van der Waals surface area contributed by atoms with Crippen LogP contribution in [0.1, 0.15) is 26.4 Å². The molecule has 0 bridgehead atoms. The average Bonchev–Trinajstić information content (AvgIpc) is 3.38. The van der Waals surface area contributed by atoms with Crippen LogP contribution < -0.4 is 10.1 Å². The van der Waals surface area contributed by atoms with Gasteiger partial charge < -0.3 is 10.1 Å². The predicted octanol–water partition coefficient (Wildman–Crippen LogP) is 3.00. The number of aromatic nitrogens is 4. The molecule has 1 N–H and O–H groups in total. The number of anilines is 1. The second-order valence-corrected chi connectivity index (χ2v) is 7.55. The number of hydrogen-bond acceptors (Lipinski definition) is 7. The summed E-state index contributed by atoms with van der Waals surface area (Å²) in [5, 5.41) is 15.1. The molecular weight excluding hydrogens is 436 g/mol. The van der Waals surface area contributed by atoms with Crippen LogP contribution in [0.2, 0.25) is 0 Å². The second kappa shape index (κ2) is 8.58. The molecule has 0 fully saturated rings. The molecular formula is C24H18N6O4. The molecule has 168 valence electrons. The van der Waals surface area contributed by atoms with Crippen LogP contribution in [0.3, 0.4) is 0 Å². The largest absolute Gasteiger partial charge is 0.438 e. The third-order valence-electron chi connectivity index (χ3n) is 5.12. The number of carbonyl (C=O) groups is 3. The van der Waals surface area contributed by atoms with E-state index in [9.17, 15) is 14.4 Å². The van der Waals surface area contributed by atoms with Crippen molar-refractivity contribution in [3.8, 4) is 17.4 Å². The lowest BCUT2D eigenvalue weighted by Gasteiger charge is -2.14. The van der Waals surface area contributed by atoms with Gasteiger partial charge in [0.05, 0.1) is 16.8 Å². The number of nitrogens with zero attached hydrogens (tertiary/aromatic N) is 5. The van der Waals surface area contributed by atoms with Crippen molar-refractivity contribution < 1.29 is 19.1 Å². The summed E-state index contributed by atoms with van der Waals surface area (Å²) in [5.41, 5.74) is 1.97. The summed E-state index contributed by atoms with van der Waals surface area (Å²) >= 11 is 0. The number of imide groups is 1. The van der Waals surface area contributed by atoms with E-state index < -0.39 is 17.7 Å². The van der Waals surface area contributed by atoms with E-state index in [2.05, 4.69) is 20.6 Å². The van der Waals surface area contributed by atoms with E-state index in [0.29, 0.717) is 34.3 Å². The summed E-state index contributed by atoms with van der Waals surface area (Å²) < 4.78 is 7.31. The molecule has 1 aliphatic rings. The third kappa shape index (κ3) is 4.11. The molecule has 2 aromatic carbocycles. The first kappa shape index (κ1) is 21.0.